The highest BCUT2D eigenvalue weighted by Gasteiger charge is 2.32. The number of amides is 2. The van der Waals surface area contributed by atoms with Crippen LogP contribution in [0, 0.1) is 5.82 Å². The summed E-state index contributed by atoms with van der Waals surface area (Å²) in [6, 6.07) is 7.52. The Hall–Kier alpha value is -2.61. The SMILES string of the molecule is O=C1CCCN1CN(C(=O)c1cccc(C(F)(F)F)c1)c1ccc(F)c(Cl)c1. The number of carbonyl (C=O) groups is 2. The minimum atomic E-state index is -4.61. The van der Waals surface area contributed by atoms with Crippen LogP contribution < -0.4 is 4.90 Å². The van der Waals surface area contributed by atoms with E-state index in [9.17, 15) is 27.2 Å². The zero-order valence-corrected chi connectivity index (χ0v) is 15.2. The van der Waals surface area contributed by atoms with Crippen LogP contribution in [0.5, 0.6) is 0 Å². The number of rotatable bonds is 4. The van der Waals surface area contributed by atoms with E-state index in [0.717, 1.165) is 29.2 Å². The van der Waals surface area contributed by atoms with Gasteiger partial charge in [-0.15, -0.1) is 0 Å². The lowest BCUT2D eigenvalue weighted by Gasteiger charge is -2.28. The van der Waals surface area contributed by atoms with Gasteiger partial charge in [-0.1, -0.05) is 17.7 Å². The Morgan fingerprint density at radius 3 is 2.54 bits per heavy atom. The lowest BCUT2D eigenvalue weighted by atomic mass is 10.1. The monoisotopic (exact) mass is 414 g/mol. The maximum atomic E-state index is 13.5. The first-order valence-corrected chi connectivity index (χ1v) is 8.76. The average molecular weight is 415 g/mol. The molecule has 148 valence electrons. The fourth-order valence-corrected chi connectivity index (χ4v) is 3.10. The fraction of sp³-hybridized carbons (Fsp3) is 0.263. The van der Waals surface area contributed by atoms with Gasteiger partial charge in [0, 0.05) is 24.2 Å². The zero-order valence-electron chi connectivity index (χ0n) is 14.5. The second-order valence-corrected chi connectivity index (χ2v) is 6.72. The third kappa shape index (κ3) is 4.27. The fourth-order valence-electron chi connectivity index (χ4n) is 2.92. The summed E-state index contributed by atoms with van der Waals surface area (Å²) >= 11 is 5.80. The highest BCUT2D eigenvalue weighted by molar-refractivity contribution is 6.31. The molecule has 0 spiro atoms. The van der Waals surface area contributed by atoms with Crippen LogP contribution in [0.4, 0.5) is 23.2 Å². The Bertz CT molecular complexity index is 917. The molecule has 0 aliphatic carbocycles. The summed E-state index contributed by atoms with van der Waals surface area (Å²) in [6.07, 6.45) is -3.66. The Balaban J connectivity index is 1.99. The number of benzene rings is 2. The minimum absolute atomic E-state index is 0.171. The molecule has 0 radical (unpaired) electrons. The van der Waals surface area contributed by atoms with E-state index in [1.165, 1.54) is 23.1 Å². The molecule has 2 aromatic carbocycles. The number of halogens is 5. The molecule has 1 saturated heterocycles. The van der Waals surface area contributed by atoms with Crippen molar-refractivity contribution in [3.05, 3.63) is 64.4 Å². The van der Waals surface area contributed by atoms with Crippen LogP contribution in [-0.4, -0.2) is 29.9 Å². The molecule has 1 heterocycles. The van der Waals surface area contributed by atoms with Gasteiger partial charge in [0.2, 0.25) is 5.91 Å². The molecular weight excluding hydrogens is 400 g/mol. The van der Waals surface area contributed by atoms with Gasteiger partial charge in [0.1, 0.15) is 12.5 Å². The molecule has 9 heteroatoms. The molecular formula is C19H15ClF4N2O2. The Morgan fingerprint density at radius 1 is 1.18 bits per heavy atom. The van der Waals surface area contributed by atoms with Crippen LogP contribution in [0.25, 0.3) is 0 Å². The van der Waals surface area contributed by atoms with Crippen molar-refractivity contribution < 1.29 is 27.2 Å². The van der Waals surface area contributed by atoms with Crippen molar-refractivity contribution in [2.24, 2.45) is 0 Å². The van der Waals surface area contributed by atoms with Crippen LogP contribution in [-0.2, 0) is 11.0 Å². The van der Waals surface area contributed by atoms with Crippen LogP contribution in [0.15, 0.2) is 42.5 Å². The Labute approximate surface area is 163 Å². The number of hydrogen-bond acceptors (Lipinski definition) is 2. The summed E-state index contributed by atoms with van der Waals surface area (Å²) in [5.74, 6) is -1.63. The molecule has 2 amide bonds. The number of anilines is 1. The van der Waals surface area contributed by atoms with E-state index in [1.807, 2.05) is 0 Å². The van der Waals surface area contributed by atoms with Crippen molar-refractivity contribution in [3.8, 4) is 0 Å². The second-order valence-electron chi connectivity index (χ2n) is 6.31. The number of carbonyl (C=O) groups excluding carboxylic acids is 2. The standard InChI is InChI=1S/C19H15ClF4N2O2/c20-15-10-14(6-7-16(15)21)26(11-25-8-2-5-17(25)27)18(28)12-3-1-4-13(9-12)19(22,23)24/h1,3-4,6-7,9-10H,2,5,8,11H2. The summed E-state index contributed by atoms with van der Waals surface area (Å²) in [7, 11) is 0. The zero-order chi connectivity index (χ0) is 20.5. The lowest BCUT2D eigenvalue weighted by Crippen LogP contribution is -2.42. The predicted molar refractivity (Wildman–Crippen MR) is 95.5 cm³/mol. The molecule has 1 aliphatic rings. The first-order chi connectivity index (χ1) is 13.2. The molecule has 3 rings (SSSR count). The molecule has 4 nitrogen and oxygen atoms in total. The van der Waals surface area contributed by atoms with E-state index in [0.29, 0.717) is 19.4 Å². The molecule has 0 aromatic heterocycles. The number of alkyl halides is 3. The molecule has 0 saturated carbocycles. The average Bonchev–Trinajstić information content (AvgIpc) is 3.05. The molecule has 0 atom stereocenters. The van der Waals surface area contributed by atoms with E-state index in [2.05, 4.69) is 0 Å². The van der Waals surface area contributed by atoms with Gasteiger partial charge in [0.05, 0.1) is 10.6 Å². The van der Waals surface area contributed by atoms with Gasteiger partial charge < -0.3 is 4.90 Å². The summed E-state index contributed by atoms with van der Waals surface area (Å²) in [4.78, 5) is 27.5. The van der Waals surface area contributed by atoms with Crippen molar-refractivity contribution in [2.45, 2.75) is 19.0 Å². The van der Waals surface area contributed by atoms with E-state index in [-0.39, 0.29) is 28.8 Å². The molecule has 1 fully saturated rings. The molecule has 28 heavy (non-hydrogen) atoms. The lowest BCUT2D eigenvalue weighted by molar-refractivity contribution is -0.137. The van der Waals surface area contributed by atoms with Gasteiger partial charge >= 0.3 is 6.18 Å². The van der Waals surface area contributed by atoms with Crippen LogP contribution in [0.2, 0.25) is 5.02 Å². The van der Waals surface area contributed by atoms with Gasteiger partial charge in [-0.25, -0.2) is 4.39 Å². The van der Waals surface area contributed by atoms with Crippen LogP contribution in [0.1, 0.15) is 28.8 Å². The molecule has 0 bridgehead atoms. The third-order valence-electron chi connectivity index (χ3n) is 4.38. The first-order valence-electron chi connectivity index (χ1n) is 8.39. The largest absolute Gasteiger partial charge is 0.416 e. The minimum Gasteiger partial charge on any atom is -0.324 e. The summed E-state index contributed by atoms with van der Waals surface area (Å²) in [5.41, 5.74) is -0.997. The maximum absolute atomic E-state index is 13.5. The van der Waals surface area contributed by atoms with Crippen LogP contribution >= 0.6 is 11.6 Å². The highest BCUT2D eigenvalue weighted by atomic mass is 35.5. The quantitative estimate of drug-likeness (QED) is 0.679. The summed E-state index contributed by atoms with van der Waals surface area (Å²) in [6.45, 7) is 0.246. The second kappa shape index (κ2) is 7.79. The van der Waals surface area contributed by atoms with E-state index in [1.54, 1.807) is 0 Å². The summed E-state index contributed by atoms with van der Waals surface area (Å²) < 4.78 is 52.5. The van der Waals surface area contributed by atoms with Crippen LogP contribution in [0.3, 0.4) is 0 Å². The van der Waals surface area contributed by atoms with Crippen molar-refractivity contribution in [1.82, 2.24) is 4.90 Å². The molecule has 0 N–H and O–H groups in total. The van der Waals surface area contributed by atoms with Crippen molar-refractivity contribution in [2.75, 3.05) is 18.1 Å². The number of likely N-dealkylation sites (tertiary alicyclic amines) is 1. The maximum Gasteiger partial charge on any atom is 0.416 e. The molecule has 0 unspecified atom stereocenters. The predicted octanol–water partition coefficient (Wildman–Crippen LogP) is 4.72. The Kier molecular flexibility index (Phi) is 5.60. The van der Waals surface area contributed by atoms with Gasteiger partial charge in [0.15, 0.2) is 0 Å². The normalized spacial score (nSPS) is 14.5. The van der Waals surface area contributed by atoms with Crippen molar-refractivity contribution >= 4 is 29.1 Å². The van der Waals surface area contributed by atoms with Crippen molar-refractivity contribution in [1.29, 1.82) is 0 Å². The molecule has 1 aliphatic heterocycles. The van der Waals surface area contributed by atoms with E-state index in [4.69, 9.17) is 11.6 Å². The summed E-state index contributed by atoms with van der Waals surface area (Å²) in [5, 5.41) is -0.243. The third-order valence-corrected chi connectivity index (χ3v) is 4.67. The highest BCUT2D eigenvalue weighted by Crippen LogP contribution is 2.31. The van der Waals surface area contributed by atoms with E-state index >= 15 is 0 Å². The molecule has 2 aromatic rings. The van der Waals surface area contributed by atoms with Gasteiger partial charge in [-0.05, 0) is 42.8 Å². The first kappa shape index (κ1) is 20.1. The van der Waals surface area contributed by atoms with Gasteiger partial charge in [0.25, 0.3) is 5.91 Å². The van der Waals surface area contributed by atoms with Gasteiger partial charge in [-0.3, -0.25) is 14.5 Å². The smallest absolute Gasteiger partial charge is 0.324 e. The Morgan fingerprint density at radius 2 is 1.93 bits per heavy atom. The van der Waals surface area contributed by atoms with Crippen molar-refractivity contribution in [3.63, 3.8) is 0 Å². The van der Waals surface area contributed by atoms with Gasteiger partial charge in [-0.2, -0.15) is 13.2 Å². The van der Waals surface area contributed by atoms with E-state index < -0.39 is 23.5 Å². The topological polar surface area (TPSA) is 40.6 Å². The number of nitrogens with zero attached hydrogens (tertiary/aromatic N) is 2. The number of hydrogen-bond donors (Lipinski definition) is 0.